The van der Waals surface area contributed by atoms with Crippen LogP contribution in [0.1, 0.15) is 30.1 Å². The number of aromatic nitrogens is 4. The van der Waals surface area contributed by atoms with Gasteiger partial charge in [-0.3, -0.25) is 4.90 Å². The summed E-state index contributed by atoms with van der Waals surface area (Å²) in [5.41, 5.74) is 1.38. The highest BCUT2D eigenvalue weighted by Crippen LogP contribution is 2.30. The van der Waals surface area contributed by atoms with E-state index in [1.165, 1.54) is 10.4 Å². The van der Waals surface area contributed by atoms with Gasteiger partial charge < -0.3 is 4.74 Å². The van der Waals surface area contributed by atoms with Crippen LogP contribution in [0.15, 0.2) is 24.3 Å². The first-order chi connectivity index (χ1) is 10.2. The lowest BCUT2D eigenvalue weighted by Gasteiger charge is -2.31. The van der Waals surface area contributed by atoms with Gasteiger partial charge in [0.05, 0.1) is 20.7 Å². The molecule has 1 aromatic heterocycles. The summed E-state index contributed by atoms with van der Waals surface area (Å²) >= 11 is 0. The first kappa shape index (κ1) is 14.0. The summed E-state index contributed by atoms with van der Waals surface area (Å²) < 4.78 is 5.31. The van der Waals surface area contributed by atoms with Crippen LogP contribution in [0.4, 0.5) is 0 Å². The van der Waals surface area contributed by atoms with E-state index in [1.807, 2.05) is 6.07 Å². The molecule has 0 N–H and O–H groups in total. The number of piperidine rings is 1. The first-order valence-corrected chi connectivity index (χ1v) is 7.34. The molecule has 6 nitrogen and oxygen atoms in total. The van der Waals surface area contributed by atoms with E-state index in [9.17, 15) is 0 Å². The zero-order valence-corrected chi connectivity index (χ0v) is 12.6. The third-order valence-corrected chi connectivity index (χ3v) is 4.07. The highest BCUT2D eigenvalue weighted by molar-refractivity contribution is 5.31. The van der Waals surface area contributed by atoms with Gasteiger partial charge in [0.1, 0.15) is 5.75 Å². The van der Waals surface area contributed by atoms with Crippen molar-refractivity contribution >= 4 is 0 Å². The van der Waals surface area contributed by atoms with E-state index < -0.39 is 0 Å². The smallest absolute Gasteiger partial charge is 0.188 e. The maximum Gasteiger partial charge on any atom is 0.188 e. The van der Waals surface area contributed by atoms with Crippen LogP contribution in [-0.2, 0) is 13.6 Å². The summed E-state index contributed by atoms with van der Waals surface area (Å²) in [6.45, 7) is 2.93. The molecule has 1 fully saturated rings. The lowest BCUT2D eigenvalue weighted by molar-refractivity contribution is 0.200. The van der Waals surface area contributed by atoms with Crippen LogP contribution in [0.25, 0.3) is 0 Å². The van der Waals surface area contributed by atoms with Gasteiger partial charge in [0.2, 0.25) is 0 Å². The van der Waals surface area contributed by atoms with Crippen molar-refractivity contribution in [3.8, 4) is 5.75 Å². The predicted molar refractivity (Wildman–Crippen MR) is 79.0 cm³/mol. The van der Waals surface area contributed by atoms with E-state index in [-0.39, 0.29) is 0 Å². The Morgan fingerprint density at radius 3 is 2.76 bits per heavy atom. The zero-order valence-electron chi connectivity index (χ0n) is 12.6. The summed E-state index contributed by atoms with van der Waals surface area (Å²) in [6, 6.07) is 8.43. The van der Waals surface area contributed by atoms with Gasteiger partial charge in [-0.15, -0.1) is 10.2 Å². The summed E-state index contributed by atoms with van der Waals surface area (Å²) in [7, 11) is 3.52. The molecule has 0 saturated carbocycles. The Kier molecular flexibility index (Phi) is 4.15. The third kappa shape index (κ3) is 3.39. The van der Waals surface area contributed by atoms with Crippen molar-refractivity contribution in [2.24, 2.45) is 7.05 Å². The van der Waals surface area contributed by atoms with Gasteiger partial charge in [0.25, 0.3) is 0 Å². The van der Waals surface area contributed by atoms with Crippen LogP contribution >= 0.6 is 0 Å². The Morgan fingerprint density at radius 1 is 1.29 bits per heavy atom. The predicted octanol–water partition coefficient (Wildman–Crippen LogP) is 1.60. The van der Waals surface area contributed by atoms with Crippen LogP contribution in [0.2, 0.25) is 0 Å². The van der Waals surface area contributed by atoms with E-state index in [0.717, 1.165) is 44.0 Å². The summed E-state index contributed by atoms with van der Waals surface area (Å²) in [5, 5.41) is 12.2. The lowest BCUT2D eigenvalue weighted by atomic mass is 9.89. The molecule has 112 valence electrons. The van der Waals surface area contributed by atoms with Crippen molar-refractivity contribution in [1.82, 2.24) is 25.1 Å². The Hall–Kier alpha value is -1.95. The van der Waals surface area contributed by atoms with Gasteiger partial charge >= 0.3 is 0 Å². The van der Waals surface area contributed by atoms with E-state index in [1.54, 1.807) is 14.2 Å². The Balaban J connectivity index is 1.57. The van der Waals surface area contributed by atoms with E-state index in [2.05, 4.69) is 38.5 Å². The van der Waals surface area contributed by atoms with Gasteiger partial charge in [-0.1, -0.05) is 12.1 Å². The van der Waals surface area contributed by atoms with Crippen molar-refractivity contribution in [2.45, 2.75) is 25.3 Å². The Labute approximate surface area is 124 Å². The van der Waals surface area contributed by atoms with Crippen LogP contribution in [0.5, 0.6) is 5.75 Å². The van der Waals surface area contributed by atoms with Crippen LogP contribution in [-0.4, -0.2) is 45.3 Å². The number of nitrogens with zero attached hydrogens (tertiary/aromatic N) is 5. The van der Waals surface area contributed by atoms with E-state index in [0.29, 0.717) is 5.92 Å². The second kappa shape index (κ2) is 6.22. The van der Waals surface area contributed by atoms with Crippen molar-refractivity contribution in [2.75, 3.05) is 20.2 Å². The fraction of sp³-hybridized carbons (Fsp3) is 0.533. The zero-order chi connectivity index (χ0) is 14.7. The minimum Gasteiger partial charge on any atom is -0.497 e. The highest BCUT2D eigenvalue weighted by Gasteiger charge is 2.21. The quantitative estimate of drug-likeness (QED) is 0.855. The molecule has 0 aliphatic carbocycles. The standard InChI is InChI=1S/C15H21N5O/c1-19-17-15(16-18-19)11-20-8-6-12(7-9-20)13-4-3-5-14(10-13)21-2/h3-5,10,12H,6-9,11H2,1-2H3. The number of hydrogen-bond donors (Lipinski definition) is 0. The number of likely N-dealkylation sites (tertiary alicyclic amines) is 1. The molecule has 1 saturated heterocycles. The molecule has 1 aliphatic heterocycles. The number of methoxy groups -OCH3 is 1. The Morgan fingerprint density at radius 2 is 2.10 bits per heavy atom. The molecule has 1 aliphatic rings. The number of tetrazole rings is 1. The third-order valence-electron chi connectivity index (χ3n) is 4.07. The molecule has 0 amide bonds. The fourth-order valence-corrected chi connectivity index (χ4v) is 2.91. The molecule has 21 heavy (non-hydrogen) atoms. The highest BCUT2D eigenvalue weighted by atomic mass is 16.5. The molecule has 0 spiro atoms. The molecule has 2 aromatic rings. The molecule has 6 heteroatoms. The van der Waals surface area contributed by atoms with Crippen LogP contribution < -0.4 is 4.74 Å². The monoisotopic (exact) mass is 287 g/mol. The van der Waals surface area contributed by atoms with Gasteiger partial charge in [-0.05, 0) is 54.8 Å². The minimum absolute atomic E-state index is 0.617. The lowest BCUT2D eigenvalue weighted by Crippen LogP contribution is -2.32. The average molecular weight is 287 g/mol. The molecular weight excluding hydrogens is 266 g/mol. The second-order valence-electron chi connectivity index (χ2n) is 5.52. The van der Waals surface area contributed by atoms with Gasteiger partial charge in [-0.25, -0.2) is 0 Å². The summed E-state index contributed by atoms with van der Waals surface area (Å²) in [5.74, 6) is 2.36. The van der Waals surface area contributed by atoms with Gasteiger partial charge in [0.15, 0.2) is 5.82 Å². The SMILES string of the molecule is COc1cccc(C2CCN(Cc3nnn(C)n3)CC2)c1. The van der Waals surface area contributed by atoms with E-state index in [4.69, 9.17) is 4.74 Å². The molecule has 3 rings (SSSR count). The Bertz CT molecular complexity index is 589. The van der Waals surface area contributed by atoms with Gasteiger partial charge in [0, 0.05) is 0 Å². The number of benzene rings is 1. The molecule has 0 bridgehead atoms. The molecular formula is C15H21N5O. The van der Waals surface area contributed by atoms with Crippen LogP contribution in [0.3, 0.4) is 0 Å². The number of hydrogen-bond acceptors (Lipinski definition) is 5. The molecule has 2 heterocycles. The normalized spacial score (nSPS) is 17.0. The van der Waals surface area contributed by atoms with Crippen molar-refractivity contribution in [3.63, 3.8) is 0 Å². The van der Waals surface area contributed by atoms with E-state index >= 15 is 0 Å². The van der Waals surface area contributed by atoms with Crippen LogP contribution in [0, 0.1) is 0 Å². The van der Waals surface area contributed by atoms with Gasteiger partial charge in [-0.2, -0.15) is 4.80 Å². The second-order valence-corrected chi connectivity index (χ2v) is 5.52. The molecule has 1 aromatic carbocycles. The maximum absolute atomic E-state index is 5.31. The van der Waals surface area contributed by atoms with Crippen molar-refractivity contribution in [3.05, 3.63) is 35.7 Å². The molecule has 0 atom stereocenters. The summed E-state index contributed by atoms with van der Waals surface area (Å²) in [4.78, 5) is 3.91. The maximum atomic E-state index is 5.31. The topological polar surface area (TPSA) is 56.1 Å². The first-order valence-electron chi connectivity index (χ1n) is 7.34. The molecule has 0 unspecified atom stereocenters. The average Bonchev–Trinajstić information content (AvgIpc) is 2.93. The largest absolute Gasteiger partial charge is 0.497 e. The van der Waals surface area contributed by atoms with Crippen molar-refractivity contribution < 1.29 is 4.74 Å². The number of aryl methyl sites for hydroxylation is 1. The molecule has 0 radical (unpaired) electrons. The number of ether oxygens (including phenoxy) is 1. The number of rotatable bonds is 4. The fourth-order valence-electron chi connectivity index (χ4n) is 2.91. The van der Waals surface area contributed by atoms with Crippen molar-refractivity contribution in [1.29, 1.82) is 0 Å². The minimum atomic E-state index is 0.617. The summed E-state index contributed by atoms with van der Waals surface area (Å²) in [6.07, 6.45) is 2.32.